The summed E-state index contributed by atoms with van der Waals surface area (Å²) < 4.78 is 14.7. The van der Waals surface area contributed by atoms with E-state index in [-0.39, 0.29) is 5.76 Å². The van der Waals surface area contributed by atoms with Gasteiger partial charge in [-0.05, 0) is 12.1 Å². The van der Waals surface area contributed by atoms with Gasteiger partial charge in [-0.25, -0.2) is 4.79 Å². The topological polar surface area (TPSA) is 74.7 Å². The van der Waals surface area contributed by atoms with Crippen molar-refractivity contribution in [3.05, 3.63) is 23.7 Å². The maximum absolute atomic E-state index is 11.0. The van der Waals surface area contributed by atoms with Crippen LogP contribution in [0.5, 0.6) is 0 Å². The summed E-state index contributed by atoms with van der Waals surface area (Å²) in [6, 6.07) is 3.22. The maximum atomic E-state index is 11.0. The Balaban J connectivity index is 2.46. The first-order valence-corrected chi connectivity index (χ1v) is 4.22. The van der Waals surface area contributed by atoms with Gasteiger partial charge in [-0.3, -0.25) is 0 Å². The maximum Gasteiger partial charge on any atom is 0.373 e. The smallest absolute Gasteiger partial charge is 0.373 e. The Morgan fingerprint density at radius 2 is 2.36 bits per heavy atom. The number of carbonyl (C=O) groups excluding carboxylic acids is 1. The van der Waals surface area contributed by atoms with Crippen molar-refractivity contribution < 1.29 is 18.7 Å². The highest BCUT2D eigenvalue weighted by atomic mass is 16.5. The fraction of sp³-hybridized carbons (Fsp3) is 0.444. The normalized spacial score (nSPS) is 10.1. The van der Waals surface area contributed by atoms with E-state index in [0.29, 0.717) is 25.5 Å². The molecule has 5 heteroatoms. The number of hydrogen-bond acceptors (Lipinski definition) is 5. The monoisotopic (exact) mass is 199 g/mol. The summed E-state index contributed by atoms with van der Waals surface area (Å²) in [4.78, 5) is 11.0. The van der Waals surface area contributed by atoms with Gasteiger partial charge < -0.3 is 19.6 Å². The van der Waals surface area contributed by atoms with Crippen LogP contribution >= 0.6 is 0 Å². The Bertz CT molecular complexity index is 295. The van der Waals surface area contributed by atoms with Gasteiger partial charge in [0.15, 0.2) is 0 Å². The molecule has 0 unspecified atom stereocenters. The van der Waals surface area contributed by atoms with Gasteiger partial charge in [0.1, 0.15) is 12.4 Å². The molecule has 0 fully saturated rings. The van der Waals surface area contributed by atoms with Crippen LogP contribution in [-0.4, -0.2) is 26.2 Å². The summed E-state index contributed by atoms with van der Waals surface area (Å²) >= 11 is 0. The fourth-order valence-electron chi connectivity index (χ4n) is 0.922. The molecule has 1 rings (SSSR count). The largest absolute Gasteiger partial charge is 0.463 e. The lowest BCUT2D eigenvalue weighted by atomic mass is 10.4. The minimum Gasteiger partial charge on any atom is -0.463 e. The summed E-state index contributed by atoms with van der Waals surface area (Å²) in [6.45, 7) is 1.24. The molecule has 0 radical (unpaired) electrons. The van der Waals surface area contributed by atoms with E-state index in [1.54, 1.807) is 12.1 Å². The molecule has 0 amide bonds. The number of methoxy groups -OCH3 is 1. The third-order valence-corrected chi connectivity index (χ3v) is 1.55. The molecule has 0 aliphatic carbocycles. The third kappa shape index (κ3) is 2.86. The van der Waals surface area contributed by atoms with Crippen molar-refractivity contribution in [3.8, 4) is 0 Å². The molecular weight excluding hydrogens is 186 g/mol. The summed E-state index contributed by atoms with van der Waals surface area (Å²) in [5.41, 5.74) is 5.24. The molecule has 0 aromatic carbocycles. The first-order chi connectivity index (χ1) is 6.77. The number of furan rings is 1. The van der Waals surface area contributed by atoms with Gasteiger partial charge in [-0.1, -0.05) is 0 Å². The van der Waals surface area contributed by atoms with E-state index >= 15 is 0 Å². The Morgan fingerprint density at radius 3 is 3.00 bits per heavy atom. The van der Waals surface area contributed by atoms with Crippen LogP contribution in [0.4, 0.5) is 0 Å². The highest BCUT2D eigenvalue weighted by molar-refractivity contribution is 5.86. The molecule has 14 heavy (non-hydrogen) atoms. The van der Waals surface area contributed by atoms with Crippen LogP contribution < -0.4 is 5.73 Å². The number of ether oxygens (including phenoxy) is 2. The lowest BCUT2D eigenvalue weighted by molar-refractivity contribution is 0.0553. The molecule has 0 saturated carbocycles. The zero-order chi connectivity index (χ0) is 10.4. The predicted molar refractivity (Wildman–Crippen MR) is 48.8 cm³/mol. The fourth-order valence-corrected chi connectivity index (χ4v) is 0.922. The first kappa shape index (κ1) is 10.7. The van der Waals surface area contributed by atoms with Crippen molar-refractivity contribution >= 4 is 5.97 Å². The van der Waals surface area contributed by atoms with Gasteiger partial charge >= 0.3 is 5.97 Å². The second-order valence-electron chi connectivity index (χ2n) is 2.60. The second kappa shape index (κ2) is 5.41. The van der Waals surface area contributed by atoms with Crippen molar-refractivity contribution in [3.63, 3.8) is 0 Å². The molecule has 0 bridgehead atoms. The van der Waals surface area contributed by atoms with E-state index in [4.69, 9.17) is 14.9 Å². The Morgan fingerprint density at radius 1 is 1.57 bits per heavy atom. The minimum absolute atomic E-state index is 0.179. The Hall–Kier alpha value is -1.33. The van der Waals surface area contributed by atoms with Gasteiger partial charge in [0.25, 0.3) is 0 Å². The molecule has 0 atom stereocenters. The molecule has 78 valence electrons. The lowest BCUT2D eigenvalue weighted by Gasteiger charge is -1.98. The van der Waals surface area contributed by atoms with E-state index in [9.17, 15) is 4.79 Å². The van der Waals surface area contributed by atoms with Gasteiger partial charge in [-0.15, -0.1) is 0 Å². The van der Waals surface area contributed by atoms with Crippen LogP contribution in [0.3, 0.4) is 0 Å². The van der Waals surface area contributed by atoms with E-state index in [1.165, 1.54) is 7.11 Å². The van der Waals surface area contributed by atoms with E-state index in [0.717, 1.165) is 0 Å². The predicted octanol–water partition coefficient (Wildman–Crippen LogP) is 0.542. The zero-order valence-electron chi connectivity index (χ0n) is 7.99. The quantitative estimate of drug-likeness (QED) is 0.553. The SMILES string of the molecule is COC(=O)c1ccc(COCCN)o1. The van der Waals surface area contributed by atoms with Gasteiger partial charge in [0, 0.05) is 6.54 Å². The van der Waals surface area contributed by atoms with Crippen molar-refractivity contribution in [1.29, 1.82) is 0 Å². The third-order valence-electron chi connectivity index (χ3n) is 1.55. The highest BCUT2D eigenvalue weighted by Crippen LogP contribution is 2.09. The summed E-state index contributed by atoms with van der Waals surface area (Å²) in [6.07, 6.45) is 0. The van der Waals surface area contributed by atoms with Crippen LogP contribution in [0.25, 0.3) is 0 Å². The molecule has 1 aromatic rings. The molecule has 1 aromatic heterocycles. The van der Waals surface area contributed by atoms with E-state index in [2.05, 4.69) is 4.74 Å². The molecule has 0 aliphatic heterocycles. The molecule has 1 heterocycles. The standard InChI is InChI=1S/C9H13NO4/c1-12-9(11)8-3-2-7(14-8)6-13-5-4-10/h2-3H,4-6,10H2,1H3. The molecule has 0 saturated heterocycles. The number of nitrogens with two attached hydrogens (primary N) is 1. The van der Waals surface area contributed by atoms with E-state index < -0.39 is 5.97 Å². The first-order valence-electron chi connectivity index (χ1n) is 4.22. The average Bonchev–Trinajstić information content (AvgIpc) is 2.66. The van der Waals surface area contributed by atoms with Crippen molar-refractivity contribution in [2.24, 2.45) is 5.73 Å². The van der Waals surface area contributed by atoms with Gasteiger partial charge in [0.2, 0.25) is 5.76 Å². The number of hydrogen-bond donors (Lipinski definition) is 1. The zero-order valence-corrected chi connectivity index (χ0v) is 7.99. The second-order valence-corrected chi connectivity index (χ2v) is 2.60. The summed E-state index contributed by atoms with van der Waals surface area (Å²) in [5, 5.41) is 0. The van der Waals surface area contributed by atoms with Crippen LogP contribution in [-0.2, 0) is 16.1 Å². The van der Waals surface area contributed by atoms with Crippen molar-refractivity contribution in [2.75, 3.05) is 20.3 Å². The van der Waals surface area contributed by atoms with Crippen LogP contribution in [0, 0.1) is 0 Å². The van der Waals surface area contributed by atoms with Crippen molar-refractivity contribution in [2.45, 2.75) is 6.61 Å². The molecule has 2 N–H and O–H groups in total. The highest BCUT2D eigenvalue weighted by Gasteiger charge is 2.10. The molecular formula is C9H13NO4. The Kier molecular flexibility index (Phi) is 4.15. The lowest BCUT2D eigenvalue weighted by Crippen LogP contribution is -2.07. The van der Waals surface area contributed by atoms with Crippen LogP contribution in [0.1, 0.15) is 16.3 Å². The number of esters is 1. The Labute approximate surface area is 81.8 Å². The van der Waals surface area contributed by atoms with Gasteiger partial charge in [-0.2, -0.15) is 0 Å². The molecule has 0 spiro atoms. The summed E-state index contributed by atoms with van der Waals surface area (Å²) in [7, 11) is 1.30. The van der Waals surface area contributed by atoms with Gasteiger partial charge in [0.05, 0.1) is 13.7 Å². The summed E-state index contributed by atoms with van der Waals surface area (Å²) in [5.74, 6) is 0.271. The average molecular weight is 199 g/mol. The van der Waals surface area contributed by atoms with Crippen LogP contribution in [0.2, 0.25) is 0 Å². The molecule has 0 aliphatic rings. The van der Waals surface area contributed by atoms with Crippen molar-refractivity contribution in [1.82, 2.24) is 0 Å². The van der Waals surface area contributed by atoms with E-state index in [1.807, 2.05) is 0 Å². The minimum atomic E-state index is -0.491. The van der Waals surface area contributed by atoms with Crippen LogP contribution in [0.15, 0.2) is 16.5 Å². The molecule has 5 nitrogen and oxygen atoms in total. The number of carbonyl (C=O) groups is 1. The number of rotatable bonds is 5.